The average molecular weight is 295 g/mol. The normalized spacial score (nSPS) is 11.6. The molecule has 0 heterocycles. The van der Waals surface area contributed by atoms with Gasteiger partial charge in [-0.25, -0.2) is 4.79 Å². The molecule has 3 nitrogen and oxygen atoms in total. The SMILES string of the molecule is O=C(Cc1ccccc1)ON=C(CCl)C(Cl)Cl. The maximum atomic E-state index is 11.4. The summed E-state index contributed by atoms with van der Waals surface area (Å²) in [5, 5.41) is 3.51. The summed E-state index contributed by atoms with van der Waals surface area (Å²) in [5.74, 6) is -0.483. The number of rotatable bonds is 5. The number of carbonyl (C=O) groups excluding carboxylic acids is 1. The van der Waals surface area contributed by atoms with Gasteiger partial charge in [0, 0.05) is 0 Å². The third-order valence-electron chi connectivity index (χ3n) is 1.84. The Balaban J connectivity index is 2.50. The van der Waals surface area contributed by atoms with Gasteiger partial charge in [0.2, 0.25) is 0 Å². The molecule has 17 heavy (non-hydrogen) atoms. The number of nitrogens with zero attached hydrogens (tertiary/aromatic N) is 1. The Bertz CT molecular complexity index is 393. The molecule has 0 N–H and O–H groups in total. The molecule has 0 aliphatic heterocycles. The van der Waals surface area contributed by atoms with E-state index < -0.39 is 10.8 Å². The zero-order valence-corrected chi connectivity index (χ0v) is 11.0. The van der Waals surface area contributed by atoms with Crippen molar-refractivity contribution in [2.45, 2.75) is 11.3 Å². The van der Waals surface area contributed by atoms with E-state index in [1.165, 1.54) is 0 Å². The van der Waals surface area contributed by atoms with E-state index in [1.807, 2.05) is 30.3 Å². The van der Waals surface area contributed by atoms with Gasteiger partial charge in [-0.2, -0.15) is 0 Å². The zero-order valence-electron chi connectivity index (χ0n) is 8.78. The summed E-state index contributed by atoms with van der Waals surface area (Å²) in [6, 6.07) is 9.18. The summed E-state index contributed by atoms with van der Waals surface area (Å²) in [4.78, 5) is 15.2. The summed E-state index contributed by atoms with van der Waals surface area (Å²) in [6.07, 6.45) is 0.134. The van der Waals surface area contributed by atoms with Gasteiger partial charge >= 0.3 is 5.97 Å². The maximum Gasteiger partial charge on any atom is 0.339 e. The van der Waals surface area contributed by atoms with Gasteiger partial charge in [0.1, 0.15) is 10.5 Å². The molecule has 0 radical (unpaired) electrons. The van der Waals surface area contributed by atoms with E-state index in [0.29, 0.717) is 0 Å². The molecule has 6 heteroatoms. The lowest BCUT2D eigenvalue weighted by Gasteiger charge is -2.02. The molecular formula is C11H10Cl3NO2. The second-order valence-electron chi connectivity index (χ2n) is 3.14. The number of benzene rings is 1. The fourth-order valence-electron chi connectivity index (χ4n) is 1.03. The number of alkyl halides is 3. The van der Waals surface area contributed by atoms with Crippen LogP contribution in [0.5, 0.6) is 0 Å². The van der Waals surface area contributed by atoms with Crippen molar-refractivity contribution < 1.29 is 9.63 Å². The van der Waals surface area contributed by atoms with Gasteiger partial charge in [0.15, 0.2) is 0 Å². The summed E-state index contributed by atoms with van der Waals surface area (Å²) in [6.45, 7) is 0. The van der Waals surface area contributed by atoms with Crippen molar-refractivity contribution in [1.82, 2.24) is 0 Å². The monoisotopic (exact) mass is 293 g/mol. The van der Waals surface area contributed by atoms with E-state index in [9.17, 15) is 4.79 Å². The van der Waals surface area contributed by atoms with Crippen molar-refractivity contribution in [1.29, 1.82) is 0 Å². The van der Waals surface area contributed by atoms with Crippen LogP contribution in [-0.4, -0.2) is 22.4 Å². The fourth-order valence-corrected chi connectivity index (χ4v) is 1.62. The van der Waals surface area contributed by atoms with Crippen molar-refractivity contribution in [3.8, 4) is 0 Å². The Kier molecular flexibility index (Phi) is 6.34. The Labute approximate surface area is 114 Å². The first-order chi connectivity index (χ1) is 8.13. The van der Waals surface area contributed by atoms with Gasteiger partial charge in [-0.15, -0.1) is 11.6 Å². The first kappa shape index (κ1) is 14.3. The molecule has 0 saturated heterocycles. The lowest BCUT2D eigenvalue weighted by Crippen LogP contribution is -2.13. The largest absolute Gasteiger partial charge is 0.339 e. The highest BCUT2D eigenvalue weighted by Gasteiger charge is 2.11. The van der Waals surface area contributed by atoms with Gasteiger partial charge in [-0.05, 0) is 5.56 Å². The van der Waals surface area contributed by atoms with Crippen LogP contribution < -0.4 is 0 Å². The second kappa shape index (κ2) is 7.54. The molecule has 0 amide bonds. The molecule has 0 aromatic heterocycles. The van der Waals surface area contributed by atoms with Crippen molar-refractivity contribution in [3.05, 3.63) is 35.9 Å². The zero-order chi connectivity index (χ0) is 12.7. The van der Waals surface area contributed by atoms with Crippen molar-refractivity contribution in [3.63, 3.8) is 0 Å². The van der Waals surface area contributed by atoms with Gasteiger partial charge in [0.05, 0.1) is 12.3 Å². The maximum absolute atomic E-state index is 11.4. The molecule has 0 aliphatic carbocycles. The first-order valence-corrected chi connectivity index (χ1v) is 6.19. The Morgan fingerprint density at radius 3 is 2.47 bits per heavy atom. The van der Waals surface area contributed by atoms with Crippen LogP contribution >= 0.6 is 34.8 Å². The van der Waals surface area contributed by atoms with E-state index in [4.69, 9.17) is 34.8 Å². The molecule has 0 fully saturated rings. The predicted octanol–water partition coefficient (Wildman–Crippen LogP) is 3.17. The van der Waals surface area contributed by atoms with Crippen LogP contribution in [0.4, 0.5) is 0 Å². The third kappa shape index (κ3) is 5.39. The van der Waals surface area contributed by atoms with Crippen molar-refractivity contribution in [2.24, 2.45) is 5.16 Å². The van der Waals surface area contributed by atoms with E-state index in [-0.39, 0.29) is 18.0 Å². The lowest BCUT2D eigenvalue weighted by atomic mass is 10.2. The van der Waals surface area contributed by atoms with Gasteiger partial charge in [-0.1, -0.05) is 58.7 Å². The molecule has 0 unspecified atom stereocenters. The molecule has 0 spiro atoms. The van der Waals surface area contributed by atoms with Crippen LogP contribution in [0, 0.1) is 0 Å². The van der Waals surface area contributed by atoms with Crippen LogP contribution in [0.15, 0.2) is 35.5 Å². The topological polar surface area (TPSA) is 38.7 Å². The van der Waals surface area contributed by atoms with Crippen molar-refractivity contribution >= 4 is 46.5 Å². The molecule has 0 bridgehead atoms. The summed E-state index contributed by atoms with van der Waals surface area (Å²) >= 11 is 16.6. The van der Waals surface area contributed by atoms with Crippen LogP contribution in [0.1, 0.15) is 5.56 Å². The molecule has 1 aromatic rings. The van der Waals surface area contributed by atoms with Crippen LogP contribution in [0.3, 0.4) is 0 Å². The minimum atomic E-state index is -0.878. The second-order valence-corrected chi connectivity index (χ2v) is 4.51. The lowest BCUT2D eigenvalue weighted by molar-refractivity contribution is -0.142. The highest BCUT2D eigenvalue weighted by atomic mass is 35.5. The van der Waals surface area contributed by atoms with Gasteiger partial charge in [0.25, 0.3) is 0 Å². The number of carbonyl (C=O) groups is 1. The van der Waals surface area contributed by atoms with E-state index in [1.54, 1.807) is 0 Å². The number of hydrogen-bond acceptors (Lipinski definition) is 3. The van der Waals surface area contributed by atoms with E-state index in [2.05, 4.69) is 9.99 Å². The molecule has 1 rings (SSSR count). The molecule has 0 aliphatic rings. The third-order valence-corrected chi connectivity index (χ3v) is 2.62. The molecule has 92 valence electrons. The predicted molar refractivity (Wildman–Crippen MR) is 69.9 cm³/mol. The van der Waals surface area contributed by atoms with Crippen LogP contribution in [-0.2, 0) is 16.1 Å². The molecular weight excluding hydrogens is 284 g/mol. The quantitative estimate of drug-likeness (QED) is 0.362. The molecule has 0 atom stereocenters. The number of halogens is 3. The Hall–Kier alpha value is -0.770. The summed E-state index contributed by atoms with van der Waals surface area (Å²) in [5.41, 5.74) is 1.05. The summed E-state index contributed by atoms with van der Waals surface area (Å²) < 4.78 is 0. The molecule has 1 aromatic carbocycles. The highest BCUT2D eigenvalue weighted by molar-refractivity contribution is 6.56. The highest BCUT2D eigenvalue weighted by Crippen LogP contribution is 2.07. The average Bonchev–Trinajstić information content (AvgIpc) is 2.30. The smallest absolute Gasteiger partial charge is 0.318 e. The van der Waals surface area contributed by atoms with Crippen LogP contribution in [0.2, 0.25) is 0 Å². The summed E-state index contributed by atoms with van der Waals surface area (Å²) in [7, 11) is 0. The van der Waals surface area contributed by atoms with Gasteiger partial charge in [-0.3, -0.25) is 0 Å². The minimum Gasteiger partial charge on any atom is -0.318 e. The van der Waals surface area contributed by atoms with E-state index in [0.717, 1.165) is 5.56 Å². The number of hydrogen-bond donors (Lipinski definition) is 0. The Morgan fingerprint density at radius 1 is 1.29 bits per heavy atom. The van der Waals surface area contributed by atoms with Gasteiger partial charge < -0.3 is 4.84 Å². The standard InChI is InChI=1S/C11H10Cl3NO2/c12-7-9(11(13)14)15-17-10(16)6-8-4-2-1-3-5-8/h1-5,11H,6-7H2. The number of oxime groups is 1. The minimum absolute atomic E-state index is 0.0102. The molecule has 0 saturated carbocycles. The Morgan fingerprint density at radius 2 is 1.94 bits per heavy atom. The van der Waals surface area contributed by atoms with Crippen LogP contribution in [0.25, 0.3) is 0 Å². The van der Waals surface area contributed by atoms with Crippen molar-refractivity contribution in [2.75, 3.05) is 5.88 Å². The first-order valence-electron chi connectivity index (χ1n) is 4.78. The van der Waals surface area contributed by atoms with E-state index >= 15 is 0 Å². The fraction of sp³-hybridized carbons (Fsp3) is 0.273.